The van der Waals surface area contributed by atoms with Crippen LogP contribution in [0.5, 0.6) is 0 Å². The molecule has 1 fully saturated rings. The van der Waals surface area contributed by atoms with Gasteiger partial charge in [0.1, 0.15) is 0 Å². The number of nitrogen functional groups attached to an aromatic ring is 1. The van der Waals surface area contributed by atoms with Crippen molar-refractivity contribution < 1.29 is 4.79 Å². The topological polar surface area (TPSA) is 74.5 Å². The number of hydrogen-bond donors (Lipinski definition) is 2. The van der Waals surface area contributed by atoms with Crippen LogP contribution in [-0.4, -0.2) is 53.9 Å². The molecule has 2 rings (SSSR count). The van der Waals surface area contributed by atoms with Gasteiger partial charge in [-0.05, 0) is 26.1 Å². The summed E-state index contributed by atoms with van der Waals surface area (Å²) in [7, 11) is 4.10. The number of carbonyl (C=O) groups is 1. The number of likely N-dealkylation sites (N-methyl/N-ethyl adjacent to an activating group) is 1. The number of anilines is 1. The maximum absolute atomic E-state index is 12.5. The van der Waals surface area contributed by atoms with E-state index < -0.39 is 0 Å². The van der Waals surface area contributed by atoms with Gasteiger partial charge in [-0.25, -0.2) is 0 Å². The zero-order chi connectivity index (χ0) is 14.0. The van der Waals surface area contributed by atoms with Crippen LogP contribution in [0.4, 0.5) is 5.69 Å². The van der Waals surface area contributed by atoms with E-state index in [9.17, 15) is 4.79 Å². The Bertz CT molecular complexity index is 462. The second-order valence-electron chi connectivity index (χ2n) is 5.28. The monoisotopic (exact) mass is 263 g/mol. The lowest BCUT2D eigenvalue weighted by atomic mass is 10.1. The van der Waals surface area contributed by atoms with Gasteiger partial charge in [-0.3, -0.25) is 15.6 Å². The Morgan fingerprint density at radius 1 is 1.53 bits per heavy atom. The highest BCUT2D eigenvalue weighted by Gasteiger charge is 2.34. The Balaban J connectivity index is 2.17. The molecule has 2 heterocycles. The molecule has 2 atom stereocenters. The molecule has 0 saturated carbocycles. The first kappa shape index (κ1) is 13.8. The van der Waals surface area contributed by atoms with Crippen LogP contribution in [0.3, 0.4) is 0 Å². The van der Waals surface area contributed by atoms with E-state index >= 15 is 0 Å². The van der Waals surface area contributed by atoms with Crippen LogP contribution in [0.25, 0.3) is 0 Å². The molecule has 3 N–H and O–H groups in total. The highest BCUT2D eigenvalue weighted by atomic mass is 16.2. The molecule has 104 valence electrons. The van der Waals surface area contributed by atoms with Gasteiger partial charge in [0.25, 0.3) is 5.91 Å². The van der Waals surface area contributed by atoms with Gasteiger partial charge in [0.2, 0.25) is 0 Å². The number of hydrogen-bond acceptors (Lipinski definition) is 5. The molecule has 19 heavy (non-hydrogen) atoms. The molecule has 0 bridgehead atoms. The Labute approximate surface area is 113 Å². The number of pyridine rings is 1. The zero-order valence-electron chi connectivity index (χ0n) is 11.6. The molecule has 0 spiro atoms. The molecule has 1 amide bonds. The van der Waals surface area contributed by atoms with Crippen LogP contribution in [-0.2, 0) is 0 Å². The number of carbonyl (C=O) groups excluding carboxylic acids is 1. The van der Waals surface area contributed by atoms with Crippen molar-refractivity contribution >= 4 is 11.6 Å². The van der Waals surface area contributed by atoms with Crippen molar-refractivity contribution in [3.05, 3.63) is 24.0 Å². The van der Waals surface area contributed by atoms with Crippen molar-refractivity contribution in [3.63, 3.8) is 0 Å². The van der Waals surface area contributed by atoms with E-state index in [0.29, 0.717) is 23.2 Å². The Morgan fingerprint density at radius 2 is 2.26 bits per heavy atom. The van der Waals surface area contributed by atoms with E-state index in [0.717, 1.165) is 13.1 Å². The molecule has 6 heteroatoms. The number of amides is 1. The third kappa shape index (κ3) is 2.69. The zero-order valence-corrected chi connectivity index (χ0v) is 11.6. The number of nitrogens with one attached hydrogen (secondary N) is 1. The van der Waals surface area contributed by atoms with E-state index in [1.807, 2.05) is 19.0 Å². The van der Waals surface area contributed by atoms with E-state index in [4.69, 9.17) is 5.84 Å². The van der Waals surface area contributed by atoms with Gasteiger partial charge in [-0.2, -0.15) is 0 Å². The van der Waals surface area contributed by atoms with Crippen LogP contribution in [0.1, 0.15) is 17.3 Å². The molecule has 2 unspecified atom stereocenters. The maximum atomic E-state index is 12.5. The Hall–Kier alpha value is -1.66. The summed E-state index contributed by atoms with van der Waals surface area (Å²) in [6.07, 6.45) is 3.17. The molecule has 0 aliphatic carbocycles. The van der Waals surface area contributed by atoms with E-state index in [1.165, 1.54) is 0 Å². The number of likely N-dealkylation sites (tertiary alicyclic amines) is 1. The first-order valence-electron chi connectivity index (χ1n) is 6.41. The van der Waals surface area contributed by atoms with Crippen molar-refractivity contribution in [2.45, 2.75) is 13.0 Å². The van der Waals surface area contributed by atoms with Gasteiger partial charge in [-0.15, -0.1) is 0 Å². The van der Waals surface area contributed by atoms with Gasteiger partial charge in [-0.1, -0.05) is 6.92 Å². The van der Waals surface area contributed by atoms with Gasteiger partial charge in [0, 0.05) is 31.5 Å². The quantitative estimate of drug-likeness (QED) is 0.609. The fraction of sp³-hybridized carbons (Fsp3) is 0.538. The summed E-state index contributed by atoms with van der Waals surface area (Å²) in [6, 6.07) is 2.10. The summed E-state index contributed by atoms with van der Waals surface area (Å²) in [6.45, 7) is 3.68. The molecular formula is C13H21N5O. The minimum absolute atomic E-state index is 0.0164. The molecule has 0 radical (unpaired) electrons. The molecular weight excluding hydrogens is 242 g/mol. The van der Waals surface area contributed by atoms with Gasteiger partial charge in [0.05, 0.1) is 11.3 Å². The maximum Gasteiger partial charge on any atom is 0.257 e. The van der Waals surface area contributed by atoms with Gasteiger partial charge >= 0.3 is 0 Å². The molecule has 1 saturated heterocycles. The second-order valence-corrected chi connectivity index (χ2v) is 5.28. The van der Waals surface area contributed by atoms with E-state index in [2.05, 4.69) is 22.2 Å². The lowest BCUT2D eigenvalue weighted by molar-refractivity contribution is 0.0782. The van der Waals surface area contributed by atoms with Crippen molar-refractivity contribution in [2.24, 2.45) is 11.8 Å². The predicted molar refractivity (Wildman–Crippen MR) is 74.6 cm³/mol. The summed E-state index contributed by atoms with van der Waals surface area (Å²) < 4.78 is 0. The molecule has 1 aromatic heterocycles. The highest BCUT2D eigenvalue weighted by Crippen LogP contribution is 2.23. The number of nitrogens with zero attached hydrogens (tertiary/aromatic N) is 3. The average Bonchev–Trinajstić information content (AvgIpc) is 2.80. The first-order valence-corrected chi connectivity index (χ1v) is 6.41. The normalized spacial score (nSPS) is 22.9. The first-order chi connectivity index (χ1) is 9.04. The lowest BCUT2D eigenvalue weighted by Gasteiger charge is -2.22. The molecule has 1 aromatic rings. The largest absolute Gasteiger partial charge is 0.337 e. The third-order valence-corrected chi connectivity index (χ3v) is 3.73. The number of rotatable bonds is 3. The van der Waals surface area contributed by atoms with Crippen molar-refractivity contribution in [2.75, 3.05) is 32.6 Å². The lowest BCUT2D eigenvalue weighted by Crippen LogP contribution is -2.36. The fourth-order valence-corrected chi connectivity index (χ4v) is 2.65. The third-order valence-electron chi connectivity index (χ3n) is 3.73. The van der Waals surface area contributed by atoms with Crippen LogP contribution >= 0.6 is 0 Å². The van der Waals surface area contributed by atoms with Crippen molar-refractivity contribution in [1.82, 2.24) is 14.8 Å². The van der Waals surface area contributed by atoms with E-state index in [1.54, 1.807) is 18.5 Å². The van der Waals surface area contributed by atoms with Gasteiger partial charge < -0.3 is 15.2 Å². The SMILES string of the molecule is CC1CN(C(=O)c2cnccc2NN)CC1N(C)C. The summed E-state index contributed by atoms with van der Waals surface area (Å²) in [5, 5.41) is 0. The van der Waals surface area contributed by atoms with Gasteiger partial charge in [0.15, 0.2) is 0 Å². The standard InChI is InChI=1S/C13H21N5O/c1-9-7-18(8-12(9)17(2)3)13(19)10-6-15-5-4-11(10)16-14/h4-6,9,12H,7-8,14H2,1-3H3,(H,15,16). The van der Waals surface area contributed by atoms with Crippen molar-refractivity contribution in [3.8, 4) is 0 Å². The average molecular weight is 263 g/mol. The number of hydrazine groups is 1. The summed E-state index contributed by atoms with van der Waals surface area (Å²) >= 11 is 0. The molecule has 6 nitrogen and oxygen atoms in total. The number of nitrogens with two attached hydrogens (primary N) is 1. The van der Waals surface area contributed by atoms with Crippen LogP contribution in [0, 0.1) is 5.92 Å². The fourth-order valence-electron chi connectivity index (χ4n) is 2.65. The van der Waals surface area contributed by atoms with Crippen LogP contribution < -0.4 is 11.3 Å². The molecule has 0 aromatic carbocycles. The smallest absolute Gasteiger partial charge is 0.257 e. The van der Waals surface area contributed by atoms with Crippen molar-refractivity contribution in [1.29, 1.82) is 0 Å². The minimum Gasteiger partial charge on any atom is -0.337 e. The number of aromatic nitrogens is 1. The highest BCUT2D eigenvalue weighted by molar-refractivity contribution is 5.99. The summed E-state index contributed by atoms with van der Waals surface area (Å²) in [5.74, 6) is 5.88. The summed E-state index contributed by atoms with van der Waals surface area (Å²) in [4.78, 5) is 20.6. The molecule has 1 aliphatic heterocycles. The van der Waals surface area contributed by atoms with Crippen LogP contribution in [0.15, 0.2) is 18.5 Å². The minimum atomic E-state index is -0.0164. The Morgan fingerprint density at radius 3 is 2.84 bits per heavy atom. The Kier molecular flexibility index (Phi) is 4.01. The summed E-state index contributed by atoms with van der Waals surface area (Å²) in [5.41, 5.74) is 3.68. The predicted octanol–water partition coefficient (Wildman–Crippen LogP) is 0.389. The van der Waals surface area contributed by atoms with E-state index in [-0.39, 0.29) is 5.91 Å². The second kappa shape index (κ2) is 5.54. The molecule has 1 aliphatic rings. The van der Waals surface area contributed by atoms with Crippen LogP contribution in [0.2, 0.25) is 0 Å².